The topological polar surface area (TPSA) is 67.8 Å². The Bertz CT molecular complexity index is 952. The largest absolute Gasteiger partial charge is 0.381 e. The van der Waals surface area contributed by atoms with E-state index in [0.717, 1.165) is 63.2 Å². The lowest BCUT2D eigenvalue weighted by molar-refractivity contribution is -0.148. The molecule has 3 aliphatic heterocycles. The smallest absolute Gasteiger partial charge is 0.242 e. The van der Waals surface area contributed by atoms with Crippen LogP contribution in [0.3, 0.4) is 0 Å². The fourth-order valence-corrected chi connectivity index (χ4v) is 5.33. The Hall–Kier alpha value is -2.06. The molecule has 1 aromatic carbocycles. The molecule has 3 saturated heterocycles. The molecular formula is C24H29ClN4O3. The van der Waals surface area contributed by atoms with Crippen LogP contribution in [-0.2, 0) is 14.3 Å². The summed E-state index contributed by atoms with van der Waals surface area (Å²) in [7, 11) is 0. The zero-order chi connectivity index (χ0) is 21.9. The molecule has 0 bridgehead atoms. The Morgan fingerprint density at radius 3 is 2.78 bits per heavy atom. The second-order valence-electron chi connectivity index (χ2n) is 8.68. The van der Waals surface area contributed by atoms with Gasteiger partial charge in [-0.2, -0.15) is 0 Å². The van der Waals surface area contributed by atoms with E-state index in [1.807, 2.05) is 35.2 Å². The molecule has 2 atom stereocenters. The van der Waals surface area contributed by atoms with E-state index in [9.17, 15) is 4.79 Å². The van der Waals surface area contributed by atoms with Crippen LogP contribution < -0.4 is 0 Å². The van der Waals surface area contributed by atoms with E-state index >= 15 is 0 Å². The number of morpholine rings is 1. The molecule has 0 spiro atoms. The van der Waals surface area contributed by atoms with Crippen molar-refractivity contribution in [2.24, 2.45) is 0 Å². The summed E-state index contributed by atoms with van der Waals surface area (Å²) in [4.78, 5) is 27.4. The van der Waals surface area contributed by atoms with Crippen LogP contribution in [0.4, 0.5) is 0 Å². The van der Waals surface area contributed by atoms with Crippen molar-refractivity contribution in [3.05, 3.63) is 47.2 Å². The minimum absolute atomic E-state index is 0.0399. The van der Waals surface area contributed by atoms with Crippen LogP contribution in [0, 0.1) is 0 Å². The van der Waals surface area contributed by atoms with E-state index in [2.05, 4.69) is 9.88 Å². The molecule has 2 aromatic rings. The molecule has 32 heavy (non-hydrogen) atoms. The number of benzene rings is 1. The highest BCUT2D eigenvalue weighted by Gasteiger charge is 2.41. The van der Waals surface area contributed by atoms with Gasteiger partial charge in [-0.15, -0.1) is 0 Å². The van der Waals surface area contributed by atoms with Gasteiger partial charge < -0.3 is 14.4 Å². The Labute approximate surface area is 193 Å². The molecule has 0 N–H and O–H groups in total. The third kappa shape index (κ3) is 4.53. The van der Waals surface area contributed by atoms with Crippen molar-refractivity contribution in [2.45, 2.75) is 43.8 Å². The Kier molecular flexibility index (Phi) is 6.69. The Morgan fingerprint density at radius 2 is 1.94 bits per heavy atom. The lowest BCUT2D eigenvalue weighted by atomic mass is 10.0. The minimum atomic E-state index is -0.235. The summed E-state index contributed by atoms with van der Waals surface area (Å²) in [6.07, 6.45) is 5.60. The molecule has 4 heterocycles. The number of halogens is 1. The minimum Gasteiger partial charge on any atom is -0.381 e. The molecule has 0 radical (unpaired) electrons. The van der Waals surface area contributed by atoms with Gasteiger partial charge in [-0.1, -0.05) is 23.7 Å². The molecule has 0 unspecified atom stereocenters. The lowest BCUT2D eigenvalue weighted by Crippen LogP contribution is -2.58. The van der Waals surface area contributed by atoms with Crippen molar-refractivity contribution >= 4 is 17.5 Å². The summed E-state index contributed by atoms with van der Waals surface area (Å²) >= 11 is 6.16. The predicted molar refractivity (Wildman–Crippen MR) is 121 cm³/mol. The molecule has 7 nitrogen and oxygen atoms in total. The maximum absolute atomic E-state index is 13.7. The van der Waals surface area contributed by atoms with Gasteiger partial charge in [-0.05, 0) is 43.9 Å². The number of aromatic nitrogens is 2. The van der Waals surface area contributed by atoms with Crippen molar-refractivity contribution in [3.8, 4) is 11.4 Å². The molecule has 5 rings (SSSR count). The molecule has 0 saturated carbocycles. The summed E-state index contributed by atoms with van der Waals surface area (Å²) in [6.45, 7) is 4.21. The van der Waals surface area contributed by atoms with Gasteiger partial charge in [0.25, 0.3) is 0 Å². The van der Waals surface area contributed by atoms with Crippen LogP contribution in [0.2, 0.25) is 5.02 Å². The molecule has 1 amide bonds. The van der Waals surface area contributed by atoms with Gasteiger partial charge in [0, 0.05) is 49.1 Å². The first kappa shape index (κ1) is 21.8. The zero-order valence-corrected chi connectivity index (χ0v) is 18.9. The number of hydrogen-bond donors (Lipinski definition) is 0. The first-order valence-corrected chi connectivity index (χ1v) is 11.9. The maximum Gasteiger partial charge on any atom is 0.242 e. The first-order valence-electron chi connectivity index (χ1n) is 11.5. The third-order valence-corrected chi connectivity index (χ3v) is 6.99. The van der Waals surface area contributed by atoms with E-state index < -0.39 is 0 Å². The highest BCUT2D eigenvalue weighted by Crippen LogP contribution is 2.33. The van der Waals surface area contributed by atoms with Crippen LogP contribution in [0.5, 0.6) is 0 Å². The summed E-state index contributed by atoms with van der Waals surface area (Å²) < 4.78 is 11.3. The fraction of sp³-hybridized carbons (Fsp3) is 0.542. The quantitative estimate of drug-likeness (QED) is 0.703. The maximum atomic E-state index is 13.7. The third-order valence-electron chi connectivity index (χ3n) is 6.75. The van der Waals surface area contributed by atoms with E-state index in [1.165, 1.54) is 0 Å². The van der Waals surface area contributed by atoms with E-state index in [4.69, 9.17) is 26.1 Å². The van der Waals surface area contributed by atoms with Crippen molar-refractivity contribution < 1.29 is 14.3 Å². The van der Waals surface area contributed by atoms with E-state index in [-0.39, 0.29) is 18.0 Å². The summed E-state index contributed by atoms with van der Waals surface area (Å²) in [5, 5.41) is 0.652. The number of amides is 1. The average Bonchev–Trinajstić information content (AvgIpc) is 3.34. The van der Waals surface area contributed by atoms with Gasteiger partial charge in [-0.25, -0.2) is 9.97 Å². The number of nitrogens with zero attached hydrogens (tertiary/aromatic N) is 4. The number of carbonyl (C=O) groups excluding carboxylic acids is 1. The normalized spacial score (nSPS) is 25.2. The molecule has 0 aliphatic carbocycles. The molecule has 1 aromatic heterocycles. The number of rotatable bonds is 4. The molecular weight excluding hydrogens is 428 g/mol. The van der Waals surface area contributed by atoms with Crippen LogP contribution in [0.15, 0.2) is 36.5 Å². The second-order valence-corrected chi connectivity index (χ2v) is 9.11. The molecule has 3 fully saturated rings. The van der Waals surface area contributed by atoms with E-state index in [0.29, 0.717) is 30.1 Å². The van der Waals surface area contributed by atoms with Crippen molar-refractivity contribution in [1.82, 2.24) is 19.8 Å². The first-order chi connectivity index (χ1) is 15.7. The number of carbonyl (C=O) groups is 1. The average molecular weight is 457 g/mol. The van der Waals surface area contributed by atoms with Gasteiger partial charge in [0.2, 0.25) is 5.91 Å². The molecule has 170 valence electrons. The highest BCUT2D eigenvalue weighted by atomic mass is 35.5. The van der Waals surface area contributed by atoms with Crippen molar-refractivity contribution in [3.63, 3.8) is 0 Å². The van der Waals surface area contributed by atoms with Crippen LogP contribution in [0.1, 0.15) is 37.4 Å². The SMILES string of the molecule is O=C([C@@H]1COCCN1C1CCOCC1)N1CCC[C@H]1c1ccnc(-c2cccc(Cl)c2)n1. The Balaban J connectivity index is 1.37. The van der Waals surface area contributed by atoms with Crippen LogP contribution in [-0.4, -0.2) is 77.3 Å². The number of likely N-dealkylation sites (tertiary alicyclic amines) is 1. The van der Waals surface area contributed by atoms with Gasteiger partial charge in [-0.3, -0.25) is 9.69 Å². The number of hydrogen-bond acceptors (Lipinski definition) is 6. The van der Waals surface area contributed by atoms with Gasteiger partial charge >= 0.3 is 0 Å². The fourth-order valence-electron chi connectivity index (χ4n) is 5.14. The highest BCUT2D eigenvalue weighted by molar-refractivity contribution is 6.30. The van der Waals surface area contributed by atoms with Gasteiger partial charge in [0.05, 0.1) is 24.9 Å². The van der Waals surface area contributed by atoms with Gasteiger partial charge in [0.15, 0.2) is 5.82 Å². The summed E-state index contributed by atoms with van der Waals surface area (Å²) in [5.41, 5.74) is 1.76. The zero-order valence-electron chi connectivity index (χ0n) is 18.2. The van der Waals surface area contributed by atoms with Crippen molar-refractivity contribution in [1.29, 1.82) is 0 Å². The molecule has 8 heteroatoms. The van der Waals surface area contributed by atoms with Gasteiger partial charge in [0.1, 0.15) is 6.04 Å². The van der Waals surface area contributed by atoms with Crippen LogP contribution in [0.25, 0.3) is 11.4 Å². The van der Waals surface area contributed by atoms with Crippen LogP contribution >= 0.6 is 11.6 Å². The summed E-state index contributed by atoms with van der Waals surface area (Å²) in [5.74, 6) is 0.788. The number of ether oxygens (including phenoxy) is 2. The van der Waals surface area contributed by atoms with Crippen molar-refractivity contribution in [2.75, 3.05) is 39.5 Å². The molecule has 3 aliphatic rings. The standard InChI is InChI=1S/C24H29ClN4O3/c25-18-4-1-3-17(15-18)23-26-9-6-20(27-23)21-5-2-10-29(21)24(30)22-16-32-14-11-28(22)19-7-12-31-13-8-19/h1,3-4,6,9,15,19,21-22H,2,5,7-8,10-14,16H2/t21-,22-/m0/s1. The Morgan fingerprint density at radius 1 is 1.06 bits per heavy atom. The lowest BCUT2D eigenvalue weighted by Gasteiger charge is -2.43. The summed E-state index contributed by atoms with van der Waals surface area (Å²) in [6, 6.07) is 9.59. The second kappa shape index (κ2) is 9.83. The monoisotopic (exact) mass is 456 g/mol. The predicted octanol–water partition coefficient (Wildman–Crippen LogP) is 3.34. The van der Waals surface area contributed by atoms with E-state index in [1.54, 1.807) is 6.20 Å².